The van der Waals surface area contributed by atoms with Crippen molar-refractivity contribution in [1.82, 2.24) is 0 Å². The van der Waals surface area contributed by atoms with Gasteiger partial charge < -0.3 is 10.4 Å². The second-order valence-electron chi connectivity index (χ2n) is 3.94. The van der Waals surface area contributed by atoms with Gasteiger partial charge in [0.1, 0.15) is 5.75 Å². The average Bonchev–Trinajstić information content (AvgIpc) is 2.39. The summed E-state index contributed by atoms with van der Waals surface area (Å²) in [5.74, 6) is 0.230. The van der Waals surface area contributed by atoms with E-state index in [9.17, 15) is 15.2 Å². The quantitative estimate of drug-likeness (QED) is 0.491. The lowest BCUT2D eigenvalue weighted by Gasteiger charge is -2.08. The van der Waals surface area contributed by atoms with Crippen LogP contribution in [0.4, 0.5) is 11.4 Å². The van der Waals surface area contributed by atoms with E-state index < -0.39 is 4.92 Å². The molecule has 6 heteroatoms. The molecule has 98 valence electrons. The Morgan fingerprint density at radius 1 is 1.21 bits per heavy atom. The lowest BCUT2D eigenvalue weighted by molar-refractivity contribution is -0.384. The molecule has 0 bridgehead atoms. The number of non-ortho nitro benzene ring substituents is 1. The Kier molecular flexibility index (Phi) is 4.20. The molecule has 2 aromatic carbocycles. The van der Waals surface area contributed by atoms with E-state index in [-0.39, 0.29) is 11.4 Å². The molecule has 0 saturated carbocycles. The van der Waals surface area contributed by atoms with Crippen LogP contribution in [0.25, 0.3) is 0 Å². The van der Waals surface area contributed by atoms with Gasteiger partial charge in [0.15, 0.2) is 0 Å². The predicted octanol–water partition coefficient (Wildman–Crippen LogP) is 3.52. The molecule has 5 nitrogen and oxygen atoms in total. The normalized spacial score (nSPS) is 10.2. The zero-order valence-corrected chi connectivity index (χ0v) is 12.0. The highest BCUT2D eigenvalue weighted by Crippen LogP contribution is 2.24. The molecular weight excluding hydrogens is 359 g/mol. The summed E-state index contributed by atoms with van der Waals surface area (Å²) < 4.78 is 0.797. The molecular formula is C13H11IN2O3. The van der Waals surface area contributed by atoms with Crippen molar-refractivity contribution in [3.05, 3.63) is 61.7 Å². The number of benzene rings is 2. The minimum Gasteiger partial charge on any atom is -0.508 e. The first kappa shape index (κ1) is 13.6. The number of hydrogen-bond donors (Lipinski definition) is 2. The fourth-order valence-corrected chi connectivity index (χ4v) is 2.26. The van der Waals surface area contributed by atoms with E-state index in [2.05, 4.69) is 27.9 Å². The Balaban J connectivity index is 2.07. The third-order valence-corrected chi connectivity index (χ3v) is 3.48. The Morgan fingerprint density at radius 2 is 1.89 bits per heavy atom. The molecule has 0 radical (unpaired) electrons. The summed E-state index contributed by atoms with van der Waals surface area (Å²) in [6.45, 7) is 0.591. The molecule has 0 spiro atoms. The van der Waals surface area contributed by atoms with Crippen LogP contribution in [0.1, 0.15) is 5.56 Å². The molecule has 0 aromatic heterocycles. The lowest BCUT2D eigenvalue weighted by Crippen LogP contribution is -2.01. The SMILES string of the molecule is O=[N+]([O-])c1ccc(NCc2ccc(O)cc2)c(I)c1. The molecule has 0 aliphatic rings. The minimum absolute atomic E-state index is 0.0829. The molecule has 0 heterocycles. The summed E-state index contributed by atoms with van der Waals surface area (Å²) in [5, 5.41) is 23.0. The highest BCUT2D eigenvalue weighted by atomic mass is 127. The molecule has 0 fully saturated rings. The van der Waals surface area contributed by atoms with E-state index in [0.717, 1.165) is 14.8 Å². The number of nitro groups is 1. The van der Waals surface area contributed by atoms with E-state index in [1.54, 1.807) is 18.2 Å². The van der Waals surface area contributed by atoms with Gasteiger partial charge in [-0.05, 0) is 46.4 Å². The van der Waals surface area contributed by atoms with Crippen molar-refractivity contribution in [3.63, 3.8) is 0 Å². The van der Waals surface area contributed by atoms with E-state index in [4.69, 9.17) is 0 Å². The van der Waals surface area contributed by atoms with Crippen LogP contribution in [0.3, 0.4) is 0 Å². The van der Waals surface area contributed by atoms with Crippen molar-refractivity contribution >= 4 is 34.0 Å². The highest BCUT2D eigenvalue weighted by Gasteiger charge is 2.08. The summed E-state index contributed by atoms with van der Waals surface area (Å²) in [6.07, 6.45) is 0. The number of aromatic hydroxyl groups is 1. The van der Waals surface area contributed by atoms with E-state index in [0.29, 0.717) is 6.54 Å². The van der Waals surface area contributed by atoms with Crippen LogP contribution in [0.5, 0.6) is 5.75 Å². The van der Waals surface area contributed by atoms with Crippen molar-refractivity contribution in [2.75, 3.05) is 5.32 Å². The monoisotopic (exact) mass is 370 g/mol. The molecule has 0 unspecified atom stereocenters. The number of nitrogens with one attached hydrogen (secondary N) is 1. The summed E-state index contributed by atoms with van der Waals surface area (Å²) in [5.41, 5.74) is 1.95. The summed E-state index contributed by atoms with van der Waals surface area (Å²) in [6, 6.07) is 11.6. The van der Waals surface area contributed by atoms with Crippen LogP contribution in [0, 0.1) is 13.7 Å². The number of hydrogen-bond acceptors (Lipinski definition) is 4. The highest BCUT2D eigenvalue weighted by molar-refractivity contribution is 14.1. The van der Waals surface area contributed by atoms with E-state index in [1.165, 1.54) is 12.1 Å². The van der Waals surface area contributed by atoms with Gasteiger partial charge in [-0.3, -0.25) is 10.1 Å². The molecule has 2 N–H and O–H groups in total. The van der Waals surface area contributed by atoms with Crippen molar-refractivity contribution in [2.24, 2.45) is 0 Å². The lowest BCUT2D eigenvalue weighted by atomic mass is 10.2. The number of rotatable bonds is 4. The molecule has 0 atom stereocenters. The molecule has 0 amide bonds. The van der Waals surface area contributed by atoms with Crippen molar-refractivity contribution in [1.29, 1.82) is 0 Å². The maximum Gasteiger partial charge on any atom is 0.270 e. The molecule has 0 saturated heterocycles. The summed E-state index contributed by atoms with van der Waals surface area (Å²) >= 11 is 2.06. The Labute approximate surface area is 123 Å². The number of anilines is 1. The molecule has 0 aliphatic carbocycles. The second kappa shape index (κ2) is 5.87. The maximum absolute atomic E-state index is 10.6. The number of halogens is 1. The fraction of sp³-hybridized carbons (Fsp3) is 0.0769. The number of nitro benzene ring substituents is 1. The van der Waals surface area contributed by atoms with E-state index >= 15 is 0 Å². The Morgan fingerprint density at radius 3 is 2.47 bits per heavy atom. The molecule has 19 heavy (non-hydrogen) atoms. The first-order valence-electron chi connectivity index (χ1n) is 5.52. The van der Waals surface area contributed by atoms with Crippen LogP contribution >= 0.6 is 22.6 Å². The van der Waals surface area contributed by atoms with Gasteiger partial charge in [0.05, 0.1) is 4.92 Å². The van der Waals surface area contributed by atoms with Gasteiger partial charge >= 0.3 is 0 Å². The number of phenolic OH excluding ortho intramolecular Hbond substituents is 1. The van der Waals surface area contributed by atoms with Gasteiger partial charge in [-0.1, -0.05) is 12.1 Å². The topological polar surface area (TPSA) is 75.4 Å². The average molecular weight is 370 g/mol. The van der Waals surface area contributed by atoms with Crippen LogP contribution in [-0.4, -0.2) is 10.0 Å². The number of nitrogens with zero attached hydrogens (tertiary/aromatic N) is 1. The second-order valence-corrected chi connectivity index (χ2v) is 5.10. The smallest absolute Gasteiger partial charge is 0.270 e. The molecule has 2 rings (SSSR count). The Bertz CT molecular complexity index is 599. The van der Waals surface area contributed by atoms with Crippen LogP contribution in [0.2, 0.25) is 0 Å². The standard InChI is InChI=1S/C13H11IN2O3/c14-12-7-10(16(18)19)3-6-13(12)15-8-9-1-4-11(17)5-2-9/h1-7,15,17H,8H2. The van der Waals surface area contributed by atoms with Gasteiger partial charge in [-0.2, -0.15) is 0 Å². The Hall–Kier alpha value is -1.83. The molecule has 2 aromatic rings. The van der Waals surface area contributed by atoms with Gasteiger partial charge in [0, 0.05) is 27.9 Å². The zero-order chi connectivity index (χ0) is 13.8. The van der Waals surface area contributed by atoms with Gasteiger partial charge in [0.25, 0.3) is 5.69 Å². The van der Waals surface area contributed by atoms with Gasteiger partial charge in [-0.25, -0.2) is 0 Å². The first-order valence-corrected chi connectivity index (χ1v) is 6.60. The van der Waals surface area contributed by atoms with Gasteiger partial charge in [0.2, 0.25) is 0 Å². The third-order valence-electron chi connectivity index (χ3n) is 2.58. The van der Waals surface area contributed by atoms with Crippen LogP contribution < -0.4 is 5.32 Å². The first-order chi connectivity index (χ1) is 9.06. The minimum atomic E-state index is -0.411. The third kappa shape index (κ3) is 3.57. The fourth-order valence-electron chi connectivity index (χ4n) is 1.57. The van der Waals surface area contributed by atoms with Gasteiger partial charge in [-0.15, -0.1) is 0 Å². The van der Waals surface area contributed by atoms with Crippen molar-refractivity contribution < 1.29 is 10.0 Å². The predicted molar refractivity (Wildman–Crippen MR) is 81.2 cm³/mol. The zero-order valence-electron chi connectivity index (χ0n) is 9.84. The largest absolute Gasteiger partial charge is 0.508 e. The van der Waals surface area contributed by atoms with Crippen LogP contribution in [0.15, 0.2) is 42.5 Å². The molecule has 0 aliphatic heterocycles. The van der Waals surface area contributed by atoms with Crippen LogP contribution in [-0.2, 0) is 6.54 Å². The van der Waals surface area contributed by atoms with Crippen molar-refractivity contribution in [3.8, 4) is 5.75 Å². The van der Waals surface area contributed by atoms with Crippen molar-refractivity contribution in [2.45, 2.75) is 6.54 Å². The maximum atomic E-state index is 10.6. The van der Waals surface area contributed by atoms with E-state index in [1.807, 2.05) is 12.1 Å². The number of phenols is 1. The summed E-state index contributed by atoms with van der Waals surface area (Å²) in [4.78, 5) is 10.2. The summed E-state index contributed by atoms with van der Waals surface area (Å²) in [7, 11) is 0.